The minimum atomic E-state index is -0.645. The SMILES string of the molecule is CC1(C)CCCCC1NCC(O)c1cccc(F)c1. The lowest BCUT2D eigenvalue weighted by Gasteiger charge is -2.39. The van der Waals surface area contributed by atoms with Gasteiger partial charge in [0.15, 0.2) is 0 Å². The number of rotatable bonds is 4. The minimum Gasteiger partial charge on any atom is -0.387 e. The van der Waals surface area contributed by atoms with E-state index in [4.69, 9.17) is 0 Å². The van der Waals surface area contributed by atoms with Gasteiger partial charge in [-0.2, -0.15) is 0 Å². The van der Waals surface area contributed by atoms with Gasteiger partial charge in [-0.25, -0.2) is 4.39 Å². The van der Waals surface area contributed by atoms with Crippen molar-refractivity contribution in [3.8, 4) is 0 Å². The molecule has 1 saturated carbocycles. The highest BCUT2D eigenvalue weighted by Crippen LogP contribution is 2.35. The van der Waals surface area contributed by atoms with E-state index < -0.39 is 6.10 Å². The average Bonchev–Trinajstić information content (AvgIpc) is 2.36. The van der Waals surface area contributed by atoms with Crippen LogP contribution in [0.2, 0.25) is 0 Å². The second-order valence-corrected chi connectivity index (χ2v) is 6.27. The number of halogens is 1. The predicted molar refractivity (Wildman–Crippen MR) is 75.4 cm³/mol. The largest absolute Gasteiger partial charge is 0.387 e. The summed E-state index contributed by atoms with van der Waals surface area (Å²) in [5.74, 6) is -0.297. The van der Waals surface area contributed by atoms with Gasteiger partial charge in [0.1, 0.15) is 5.82 Å². The molecule has 0 aliphatic heterocycles. The van der Waals surface area contributed by atoms with Crippen molar-refractivity contribution in [2.24, 2.45) is 5.41 Å². The number of benzene rings is 1. The summed E-state index contributed by atoms with van der Waals surface area (Å²) in [6.07, 6.45) is 4.27. The van der Waals surface area contributed by atoms with Gasteiger partial charge in [-0.05, 0) is 36.0 Å². The molecule has 0 radical (unpaired) electrons. The van der Waals surface area contributed by atoms with Gasteiger partial charge >= 0.3 is 0 Å². The van der Waals surface area contributed by atoms with Crippen LogP contribution in [0.25, 0.3) is 0 Å². The lowest BCUT2D eigenvalue weighted by atomic mass is 9.73. The van der Waals surface area contributed by atoms with Gasteiger partial charge in [-0.3, -0.25) is 0 Å². The number of hydrogen-bond donors (Lipinski definition) is 2. The summed E-state index contributed by atoms with van der Waals surface area (Å²) in [6, 6.07) is 6.64. The molecule has 2 atom stereocenters. The molecule has 1 aliphatic rings. The van der Waals surface area contributed by atoms with Gasteiger partial charge in [-0.15, -0.1) is 0 Å². The third-order valence-electron chi connectivity index (χ3n) is 4.30. The first-order chi connectivity index (χ1) is 8.99. The zero-order valence-corrected chi connectivity index (χ0v) is 11.8. The Hall–Kier alpha value is -0.930. The van der Waals surface area contributed by atoms with Crippen molar-refractivity contribution in [2.75, 3.05) is 6.54 Å². The fourth-order valence-corrected chi connectivity index (χ4v) is 2.96. The summed E-state index contributed by atoms with van der Waals surface area (Å²) in [5.41, 5.74) is 0.918. The molecule has 19 heavy (non-hydrogen) atoms. The molecule has 0 bridgehead atoms. The maximum atomic E-state index is 13.1. The van der Waals surface area contributed by atoms with Crippen molar-refractivity contribution in [1.82, 2.24) is 5.32 Å². The van der Waals surface area contributed by atoms with E-state index in [0.717, 1.165) is 6.42 Å². The van der Waals surface area contributed by atoms with Crippen molar-refractivity contribution in [3.63, 3.8) is 0 Å². The van der Waals surface area contributed by atoms with Crippen molar-refractivity contribution < 1.29 is 9.50 Å². The maximum absolute atomic E-state index is 13.1. The zero-order chi connectivity index (χ0) is 13.9. The summed E-state index contributed by atoms with van der Waals surface area (Å²) in [4.78, 5) is 0. The molecule has 0 saturated heterocycles. The van der Waals surface area contributed by atoms with Crippen molar-refractivity contribution in [3.05, 3.63) is 35.6 Å². The molecule has 1 fully saturated rings. The third kappa shape index (κ3) is 3.77. The molecule has 0 amide bonds. The number of aliphatic hydroxyl groups excluding tert-OH is 1. The Morgan fingerprint density at radius 1 is 1.42 bits per heavy atom. The van der Waals surface area contributed by atoms with Crippen LogP contribution in [0.3, 0.4) is 0 Å². The molecule has 0 heterocycles. The molecular formula is C16H24FNO. The average molecular weight is 265 g/mol. The molecule has 106 valence electrons. The van der Waals surface area contributed by atoms with Crippen LogP contribution in [0.1, 0.15) is 51.2 Å². The highest BCUT2D eigenvalue weighted by molar-refractivity contribution is 5.19. The van der Waals surface area contributed by atoms with Crippen LogP contribution >= 0.6 is 0 Å². The van der Waals surface area contributed by atoms with E-state index in [0.29, 0.717) is 18.2 Å². The topological polar surface area (TPSA) is 32.3 Å². The number of nitrogens with one attached hydrogen (secondary N) is 1. The van der Waals surface area contributed by atoms with Gasteiger partial charge in [0.05, 0.1) is 6.10 Å². The summed E-state index contributed by atoms with van der Waals surface area (Å²) in [7, 11) is 0. The van der Waals surface area contributed by atoms with Crippen LogP contribution in [-0.4, -0.2) is 17.7 Å². The summed E-state index contributed by atoms with van der Waals surface area (Å²) in [6.45, 7) is 5.04. The van der Waals surface area contributed by atoms with Crippen LogP contribution in [0.4, 0.5) is 4.39 Å². The van der Waals surface area contributed by atoms with Gasteiger partial charge in [0.2, 0.25) is 0 Å². The standard InChI is InChI=1S/C16H24FNO/c1-16(2)9-4-3-8-15(16)18-11-14(19)12-6-5-7-13(17)10-12/h5-7,10,14-15,18-19H,3-4,8-9,11H2,1-2H3. The lowest BCUT2D eigenvalue weighted by Crippen LogP contribution is -2.45. The minimum absolute atomic E-state index is 0.278. The Morgan fingerprint density at radius 3 is 2.89 bits per heavy atom. The van der Waals surface area contributed by atoms with E-state index in [-0.39, 0.29) is 11.2 Å². The van der Waals surface area contributed by atoms with Crippen LogP contribution < -0.4 is 5.32 Å². The van der Waals surface area contributed by atoms with Gasteiger partial charge in [-0.1, -0.05) is 38.8 Å². The van der Waals surface area contributed by atoms with E-state index in [1.165, 1.54) is 31.4 Å². The normalized spacial score (nSPS) is 24.1. The maximum Gasteiger partial charge on any atom is 0.123 e. The van der Waals surface area contributed by atoms with Crippen LogP contribution in [0.5, 0.6) is 0 Å². The van der Waals surface area contributed by atoms with Crippen LogP contribution in [-0.2, 0) is 0 Å². The summed E-state index contributed by atoms with van der Waals surface area (Å²) in [5, 5.41) is 13.6. The Balaban J connectivity index is 1.91. The Kier molecular flexibility index (Phi) is 4.58. The Labute approximate surface area is 115 Å². The van der Waals surface area contributed by atoms with Crippen molar-refractivity contribution in [2.45, 2.75) is 51.7 Å². The van der Waals surface area contributed by atoms with Gasteiger partial charge in [0, 0.05) is 12.6 Å². The first-order valence-corrected chi connectivity index (χ1v) is 7.16. The molecular weight excluding hydrogens is 241 g/mol. The Bertz CT molecular complexity index is 419. The fourth-order valence-electron chi connectivity index (χ4n) is 2.96. The first-order valence-electron chi connectivity index (χ1n) is 7.16. The van der Waals surface area contributed by atoms with Gasteiger partial charge in [0.25, 0.3) is 0 Å². The monoisotopic (exact) mass is 265 g/mol. The summed E-state index contributed by atoms with van der Waals surface area (Å²) < 4.78 is 13.1. The first kappa shape index (κ1) is 14.5. The second kappa shape index (κ2) is 6.02. The molecule has 1 aliphatic carbocycles. The van der Waals surface area contributed by atoms with E-state index in [2.05, 4.69) is 19.2 Å². The van der Waals surface area contributed by atoms with Crippen molar-refractivity contribution >= 4 is 0 Å². The molecule has 1 aromatic carbocycles. The van der Waals surface area contributed by atoms with E-state index in [1.54, 1.807) is 12.1 Å². The smallest absolute Gasteiger partial charge is 0.123 e. The predicted octanol–water partition coefficient (Wildman–Crippen LogP) is 3.42. The molecule has 2 nitrogen and oxygen atoms in total. The quantitative estimate of drug-likeness (QED) is 0.874. The third-order valence-corrected chi connectivity index (χ3v) is 4.30. The molecule has 0 spiro atoms. The number of aliphatic hydroxyl groups is 1. The van der Waals surface area contributed by atoms with E-state index >= 15 is 0 Å². The molecule has 2 rings (SSSR count). The molecule has 0 aromatic heterocycles. The molecule has 3 heteroatoms. The lowest BCUT2D eigenvalue weighted by molar-refractivity contribution is 0.126. The van der Waals surface area contributed by atoms with Crippen LogP contribution in [0.15, 0.2) is 24.3 Å². The fraction of sp³-hybridized carbons (Fsp3) is 0.625. The molecule has 2 unspecified atom stereocenters. The molecule has 2 N–H and O–H groups in total. The number of hydrogen-bond acceptors (Lipinski definition) is 2. The summed E-state index contributed by atoms with van der Waals surface area (Å²) >= 11 is 0. The van der Waals surface area contributed by atoms with E-state index in [1.807, 2.05) is 0 Å². The van der Waals surface area contributed by atoms with E-state index in [9.17, 15) is 9.50 Å². The highest BCUT2D eigenvalue weighted by Gasteiger charge is 2.31. The zero-order valence-electron chi connectivity index (χ0n) is 11.8. The molecule has 1 aromatic rings. The van der Waals surface area contributed by atoms with Crippen LogP contribution in [0, 0.1) is 11.2 Å². The van der Waals surface area contributed by atoms with Gasteiger partial charge < -0.3 is 10.4 Å². The second-order valence-electron chi connectivity index (χ2n) is 6.27. The highest BCUT2D eigenvalue weighted by atomic mass is 19.1. The van der Waals surface area contributed by atoms with Crippen molar-refractivity contribution in [1.29, 1.82) is 0 Å². The Morgan fingerprint density at radius 2 is 2.21 bits per heavy atom.